The summed E-state index contributed by atoms with van der Waals surface area (Å²) in [6.45, 7) is 0. The summed E-state index contributed by atoms with van der Waals surface area (Å²) in [6.07, 6.45) is 0. The Morgan fingerprint density at radius 3 is 1.43 bits per heavy atom. The molecule has 0 amide bonds. The minimum Gasteiger partial charge on any atom is -0.344 e. The van der Waals surface area contributed by atoms with Crippen LogP contribution < -0.4 is 6.15 Å². The Morgan fingerprint density at radius 1 is 1.43 bits per heavy atom. The average molecular weight is 213 g/mol. The molecule has 0 bridgehead atoms. The van der Waals surface area contributed by atoms with Crippen LogP contribution in [0, 0.1) is 0 Å². The van der Waals surface area contributed by atoms with E-state index in [4.69, 9.17) is 8.19 Å². The van der Waals surface area contributed by atoms with Gasteiger partial charge in [-0.2, -0.15) is 0 Å². The van der Waals surface area contributed by atoms with Gasteiger partial charge in [0, 0.05) is 0 Å². The smallest absolute Gasteiger partial charge is 0.344 e. The molecule has 0 radical (unpaired) electrons. The Bertz CT molecular complexity index is 61.1. The van der Waals surface area contributed by atoms with Gasteiger partial charge < -0.3 is 6.15 Å². The molecule has 0 aromatic rings. The van der Waals surface area contributed by atoms with E-state index in [0.717, 1.165) is 5.71 Å². The summed E-state index contributed by atoms with van der Waals surface area (Å²) in [7, 11) is 0. The fourth-order valence-electron chi connectivity index (χ4n) is 0. The zero-order valence-electron chi connectivity index (χ0n) is 3.81. The molecule has 0 atom stereocenters. The predicted octanol–water partition coefficient (Wildman–Crippen LogP) is -0.870. The molecule has 0 rings (SSSR count). The van der Waals surface area contributed by atoms with Gasteiger partial charge in [-0.3, -0.25) is 0 Å². The van der Waals surface area contributed by atoms with Crippen LogP contribution in [0.25, 0.3) is 0 Å². The normalized spacial score (nSPS) is 8.43. The first kappa shape index (κ1) is 15.7. The number of hydrogen-bond donors (Lipinski definition) is 3. The van der Waals surface area contributed by atoms with Crippen molar-refractivity contribution in [1.29, 1.82) is 0 Å². The molecule has 0 unspecified atom stereocenters. The Balaban J connectivity index is -0.0000000800. The van der Waals surface area contributed by atoms with Crippen molar-refractivity contribution in [2.24, 2.45) is 0 Å². The van der Waals surface area contributed by atoms with Crippen LogP contribution in [0.5, 0.6) is 0 Å². The summed E-state index contributed by atoms with van der Waals surface area (Å²) in [5, 5.41) is 0. The third-order valence-corrected chi connectivity index (χ3v) is 0. The molecule has 4 nitrogen and oxygen atoms in total. The van der Waals surface area contributed by atoms with Crippen LogP contribution in [0.3, 0.4) is 0 Å². The maximum absolute atomic E-state index is 9.39. The molecule has 0 saturated carbocycles. The summed E-state index contributed by atoms with van der Waals surface area (Å²) in [6, 6.07) is 0. The van der Waals surface area contributed by atoms with Crippen LogP contribution in [-0.2, 0) is 20.8 Å². The van der Waals surface area contributed by atoms with Crippen molar-refractivity contribution in [3.8, 4) is 0 Å². The molecule has 6 heteroatoms. The largest absolute Gasteiger partial charge is 2.00 e. The third-order valence-electron chi connectivity index (χ3n) is 0. The van der Waals surface area contributed by atoms with E-state index >= 15 is 0 Å². The maximum Gasteiger partial charge on any atom is 2.00 e. The van der Waals surface area contributed by atoms with Gasteiger partial charge in [-0.25, -0.2) is 0 Å². The van der Waals surface area contributed by atoms with E-state index in [-0.39, 0.29) is 23.2 Å². The van der Waals surface area contributed by atoms with Crippen LogP contribution in [0.4, 0.5) is 0 Å². The van der Waals surface area contributed by atoms with E-state index in [1.54, 1.807) is 0 Å². The van der Waals surface area contributed by atoms with E-state index in [1.807, 2.05) is 0 Å². The topological polar surface area (TPSA) is 92.5 Å². The quantitative estimate of drug-likeness (QED) is 0.456. The van der Waals surface area contributed by atoms with Crippen LogP contribution >= 0.6 is 0 Å². The number of hydrogen-bond acceptors (Lipinski definition) is 2. The molecule has 0 spiro atoms. The third kappa shape index (κ3) is 266. The van der Waals surface area contributed by atoms with Gasteiger partial charge in [0.05, 0.1) is 0 Å². The minimum absolute atomic E-state index is 0. The summed E-state index contributed by atoms with van der Waals surface area (Å²) in [5.74, 6) is 0. The molecule has 0 saturated heterocycles. The van der Waals surface area contributed by atoms with Gasteiger partial charge in [0.2, 0.25) is 0 Å². The Morgan fingerprint density at radius 2 is 1.43 bits per heavy atom. The zero-order chi connectivity index (χ0) is 4.50. The molecule has 7 heavy (non-hydrogen) atoms. The monoisotopic (exact) mass is 213 g/mol. The van der Waals surface area contributed by atoms with Crippen molar-refractivity contribution in [3.63, 3.8) is 0 Å². The average Bonchev–Trinajstić information content (AvgIpc) is 0.722. The van der Waals surface area contributed by atoms with E-state index in [0.29, 0.717) is 0 Å². The van der Waals surface area contributed by atoms with E-state index in [9.17, 15) is 3.74 Å². The molecule has 0 aromatic carbocycles. The first-order valence-corrected chi connectivity index (χ1v) is 5.35. The molecule has 0 aromatic heterocycles. The Hall–Kier alpha value is 0.758. The van der Waals surface area contributed by atoms with Gasteiger partial charge in [0.1, 0.15) is 0 Å². The SMILES string of the molecule is C[As](=O)(O)O.N.[Fe+2]. The second kappa shape index (κ2) is 4.91. The molecule has 0 aliphatic carbocycles. The first-order chi connectivity index (χ1) is 2.00. The Labute approximate surface area is 55.4 Å². The summed E-state index contributed by atoms with van der Waals surface area (Å²) in [4.78, 5) is 0. The van der Waals surface area contributed by atoms with Crippen molar-refractivity contribution in [1.82, 2.24) is 6.15 Å². The van der Waals surface area contributed by atoms with Gasteiger partial charge in [-0.15, -0.1) is 0 Å². The minimum atomic E-state index is -4.12. The van der Waals surface area contributed by atoms with Gasteiger partial charge in [-0.1, -0.05) is 0 Å². The van der Waals surface area contributed by atoms with Gasteiger partial charge in [0.15, 0.2) is 0 Å². The molecule has 46 valence electrons. The van der Waals surface area contributed by atoms with Crippen LogP contribution in [0.2, 0.25) is 5.71 Å². The van der Waals surface area contributed by atoms with Gasteiger partial charge in [0.25, 0.3) is 0 Å². The fourth-order valence-corrected chi connectivity index (χ4v) is 0. The van der Waals surface area contributed by atoms with Gasteiger partial charge >= 0.3 is 48.9 Å². The molecule has 0 aliphatic rings. The van der Waals surface area contributed by atoms with Crippen LogP contribution in [-0.4, -0.2) is 22.4 Å². The molecule has 0 fully saturated rings. The van der Waals surface area contributed by atoms with Crippen molar-refractivity contribution in [2.75, 3.05) is 0 Å². The predicted molar refractivity (Wildman–Crippen MR) is 21.8 cm³/mol. The second-order valence-electron chi connectivity index (χ2n) is 0.835. The fraction of sp³-hybridized carbons (Fsp3) is 1.00. The summed E-state index contributed by atoms with van der Waals surface area (Å²) < 4.78 is 24.8. The maximum atomic E-state index is 9.39. The van der Waals surface area contributed by atoms with Crippen molar-refractivity contribution >= 4 is 14.2 Å². The van der Waals surface area contributed by atoms with Gasteiger partial charge in [-0.05, 0) is 0 Å². The molecule has 0 heterocycles. The van der Waals surface area contributed by atoms with Crippen LogP contribution in [0.15, 0.2) is 0 Å². The van der Waals surface area contributed by atoms with E-state index in [2.05, 4.69) is 0 Å². The van der Waals surface area contributed by atoms with E-state index < -0.39 is 14.2 Å². The summed E-state index contributed by atoms with van der Waals surface area (Å²) >= 11 is -4.12. The van der Waals surface area contributed by atoms with Crippen molar-refractivity contribution in [3.05, 3.63) is 0 Å². The molecule has 0 aliphatic heterocycles. The molecule has 5 N–H and O–H groups in total. The van der Waals surface area contributed by atoms with Crippen molar-refractivity contribution in [2.45, 2.75) is 5.71 Å². The van der Waals surface area contributed by atoms with Crippen molar-refractivity contribution < 1.29 is 29.0 Å². The van der Waals surface area contributed by atoms with E-state index in [1.165, 1.54) is 0 Å². The second-order valence-corrected chi connectivity index (χ2v) is 4.34. The first-order valence-electron chi connectivity index (χ1n) is 1.03. The number of rotatable bonds is 0. The standard InChI is InChI=1S/CH5AsO3.Fe.H3N/c1-2(3,4)5;;/h1H3,(H2,3,4,5);;1H3/q;+2;. The summed E-state index contributed by atoms with van der Waals surface area (Å²) in [5.41, 5.74) is 0.915. The molecular weight excluding hydrogens is 205 g/mol. The zero-order valence-corrected chi connectivity index (χ0v) is 6.79. The Kier molecular flexibility index (Phi) is 11.0. The van der Waals surface area contributed by atoms with Crippen LogP contribution in [0.1, 0.15) is 0 Å². The molecular formula is CH8AsFeNO3+2.